The molecule has 1 aliphatic rings. The Morgan fingerprint density at radius 1 is 1.00 bits per heavy atom. The van der Waals surface area contributed by atoms with E-state index in [9.17, 15) is 0 Å². The summed E-state index contributed by atoms with van der Waals surface area (Å²) in [5.41, 5.74) is 8.00. The van der Waals surface area contributed by atoms with Crippen LogP contribution in [0.25, 0.3) is 0 Å². The number of anilines is 1. The molecule has 20 heavy (non-hydrogen) atoms. The fourth-order valence-electron chi connectivity index (χ4n) is 2.87. The van der Waals surface area contributed by atoms with Crippen molar-refractivity contribution >= 4 is 5.69 Å². The molecular weight excluding hydrogens is 246 g/mol. The second-order valence-corrected chi connectivity index (χ2v) is 6.33. The van der Waals surface area contributed by atoms with Gasteiger partial charge in [0.25, 0.3) is 0 Å². The van der Waals surface area contributed by atoms with Crippen molar-refractivity contribution in [3.05, 3.63) is 29.8 Å². The Bertz CT molecular complexity index is 391. The molecule has 1 aromatic carbocycles. The number of nitrogens with zero attached hydrogens (tertiary/aromatic N) is 2. The van der Waals surface area contributed by atoms with Gasteiger partial charge in [-0.1, -0.05) is 19.1 Å². The Kier molecular flexibility index (Phi) is 5.44. The van der Waals surface area contributed by atoms with E-state index in [1.165, 1.54) is 44.7 Å². The molecule has 0 bridgehead atoms. The molecule has 2 N–H and O–H groups in total. The fourth-order valence-corrected chi connectivity index (χ4v) is 2.87. The number of hydrogen-bond acceptors (Lipinski definition) is 3. The first-order chi connectivity index (χ1) is 9.56. The lowest BCUT2D eigenvalue weighted by molar-refractivity contribution is 0.106. The minimum atomic E-state index is 0.610. The average Bonchev–Trinajstić information content (AvgIpc) is 2.46. The van der Waals surface area contributed by atoms with Crippen LogP contribution in [-0.2, 0) is 0 Å². The predicted octanol–water partition coefficient (Wildman–Crippen LogP) is 2.79. The van der Waals surface area contributed by atoms with Crippen molar-refractivity contribution in [3.63, 3.8) is 0 Å². The molecule has 1 aromatic rings. The third-order valence-electron chi connectivity index (χ3n) is 4.52. The molecule has 3 heteroatoms. The van der Waals surface area contributed by atoms with Gasteiger partial charge in [-0.2, -0.15) is 0 Å². The Labute approximate surface area is 123 Å². The van der Waals surface area contributed by atoms with Gasteiger partial charge in [-0.05, 0) is 50.4 Å². The minimum absolute atomic E-state index is 0.610. The molecule has 0 saturated carbocycles. The lowest BCUT2D eigenvalue weighted by atomic mass is 9.97. The summed E-state index contributed by atoms with van der Waals surface area (Å²) >= 11 is 0. The van der Waals surface area contributed by atoms with E-state index in [1.54, 1.807) is 0 Å². The summed E-state index contributed by atoms with van der Waals surface area (Å²) in [5, 5.41) is 0. The van der Waals surface area contributed by atoms with Crippen LogP contribution in [0.4, 0.5) is 5.69 Å². The van der Waals surface area contributed by atoms with E-state index in [0.29, 0.717) is 12.0 Å². The molecule has 1 saturated heterocycles. The van der Waals surface area contributed by atoms with Crippen molar-refractivity contribution in [1.82, 2.24) is 9.80 Å². The van der Waals surface area contributed by atoms with Crippen molar-refractivity contribution in [2.45, 2.75) is 39.2 Å². The summed E-state index contributed by atoms with van der Waals surface area (Å²) < 4.78 is 0. The van der Waals surface area contributed by atoms with Crippen LogP contribution in [0.5, 0.6) is 0 Å². The molecular formula is C17H29N3. The van der Waals surface area contributed by atoms with E-state index in [2.05, 4.69) is 42.7 Å². The monoisotopic (exact) mass is 275 g/mol. The molecule has 0 aliphatic carbocycles. The van der Waals surface area contributed by atoms with E-state index in [4.69, 9.17) is 5.73 Å². The lowest BCUT2D eigenvalue weighted by Crippen LogP contribution is -2.49. The van der Waals surface area contributed by atoms with Crippen molar-refractivity contribution in [2.75, 3.05) is 38.5 Å². The van der Waals surface area contributed by atoms with E-state index >= 15 is 0 Å². The number of benzene rings is 1. The van der Waals surface area contributed by atoms with E-state index in [1.807, 2.05) is 12.1 Å². The molecule has 2 rings (SSSR count). The summed E-state index contributed by atoms with van der Waals surface area (Å²) in [7, 11) is 0. The normalized spacial score (nSPS) is 19.4. The van der Waals surface area contributed by atoms with Gasteiger partial charge in [-0.3, -0.25) is 4.90 Å². The first kappa shape index (κ1) is 15.3. The zero-order valence-electron chi connectivity index (χ0n) is 13.2. The molecule has 0 spiro atoms. The van der Waals surface area contributed by atoms with E-state index in [-0.39, 0.29) is 0 Å². The van der Waals surface area contributed by atoms with Crippen LogP contribution in [0.2, 0.25) is 0 Å². The Hall–Kier alpha value is -1.06. The molecule has 1 heterocycles. The van der Waals surface area contributed by atoms with Gasteiger partial charge in [0.1, 0.15) is 0 Å². The number of rotatable bonds is 5. The predicted molar refractivity (Wildman–Crippen MR) is 87.0 cm³/mol. The number of hydrogen-bond donors (Lipinski definition) is 1. The fraction of sp³-hybridized carbons (Fsp3) is 0.647. The lowest BCUT2D eigenvalue weighted by Gasteiger charge is -2.37. The summed E-state index contributed by atoms with van der Waals surface area (Å²) in [4.78, 5) is 5.17. The topological polar surface area (TPSA) is 32.5 Å². The maximum absolute atomic E-state index is 5.74. The SMILES string of the molecule is CC(CCN1CCN(C(C)C)CC1)c1ccc(N)cc1. The largest absolute Gasteiger partial charge is 0.399 e. The Morgan fingerprint density at radius 3 is 2.15 bits per heavy atom. The summed E-state index contributed by atoms with van der Waals surface area (Å²) in [6.45, 7) is 13.0. The maximum Gasteiger partial charge on any atom is 0.0314 e. The standard InChI is InChI=1S/C17H29N3/c1-14(2)20-12-10-19(11-13-20)9-8-15(3)16-4-6-17(18)7-5-16/h4-7,14-15H,8-13,18H2,1-3H3. The Morgan fingerprint density at radius 2 is 1.60 bits per heavy atom. The van der Waals surface area contributed by atoms with Crippen molar-refractivity contribution in [3.8, 4) is 0 Å². The molecule has 1 fully saturated rings. The van der Waals surface area contributed by atoms with Crippen LogP contribution < -0.4 is 5.73 Å². The van der Waals surface area contributed by atoms with Gasteiger partial charge in [0.15, 0.2) is 0 Å². The van der Waals surface area contributed by atoms with Gasteiger partial charge >= 0.3 is 0 Å². The van der Waals surface area contributed by atoms with E-state index < -0.39 is 0 Å². The second kappa shape index (κ2) is 7.09. The second-order valence-electron chi connectivity index (χ2n) is 6.33. The van der Waals surface area contributed by atoms with Gasteiger partial charge in [-0.25, -0.2) is 0 Å². The molecule has 3 nitrogen and oxygen atoms in total. The number of nitrogens with two attached hydrogens (primary N) is 1. The van der Waals surface area contributed by atoms with Crippen LogP contribution in [0.15, 0.2) is 24.3 Å². The zero-order chi connectivity index (χ0) is 14.5. The van der Waals surface area contributed by atoms with Crippen LogP contribution >= 0.6 is 0 Å². The highest BCUT2D eigenvalue weighted by molar-refractivity contribution is 5.40. The van der Waals surface area contributed by atoms with Gasteiger partial charge in [-0.15, -0.1) is 0 Å². The third kappa shape index (κ3) is 4.22. The number of nitrogen functional groups attached to an aromatic ring is 1. The quantitative estimate of drug-likeness (QED) is 0.839. The molecule has 0 aromatic heterocycles. The summed E-state index contributed by atoms with van der Waals surface area (Å²) in [6, 6.07) is 9.03. The van der Waals surface area contributed by atoms with Crippen molar-refractivity contribution < 1.29 is 0 Å². The van der Waals surface area contributed by atoms with Gasteiger partial charge in [0.2, 0.25) is 0 Å². The van der Waals surface area contributed by atoms with Crippen LogP contribution in [0.1, 0.15) is 38.7 Å². The van der Waals surface area contributed by atoms with Gasteiger partial charge in [0.05, 0.1) is 0 Å². The molecule has 1 atom stereocenters. The maximum atomic E-state index is 5.74. The molecule has 1 aliphatic heterocycles. The van der Waals surface area contributed by atoms with Crippen LogP contribution in [-0.4, -0.2) is 48.6 Å². The van der Waals surface area contributed by atoms with Gasteiger partial charge < -0.3 is 10.6 Å². The molecule has 1 unspecified atom stereocenters. The van der Waals surface area contributed by atoms with Gasteiger partial charge in [0, 0.05) is 37.9 Å². The summed E-state index contributed by atoms with van der Waals surface area (Å²) in [6.07, 6.45) is 1.23. The highest BCUT2D eigenvalue weighted by Crippen LogP contribution is 2.20. The minimum Gasteiger partial charge on any atom is -0.399 e. The number of piperazine rings is 1. The van der Waals surface area contributed by atoms with Crippen LogP contribution in [0.3, 0.4) is 0 Å². The smallest absolute Gasteiger partial charge is 0.0314 e. The third-order valence-corrected chi connectivity index (χ3v) is 4.52. The van der Waals surface area contributed by atoms with E-state index in [0.717, 1.165) is 5.69 Å². The Balaban J connectivity index is 1.74. The molecule has 0 radical (unpaired) electrons. The molecule has 112 valence electrons. The highest BCUT2D eigenvalue weighted by atomic mass is 15.3. The van der Waals surface area contributed by atoms with Crippen molar-refractivity contribution in [2.24, 2.45) is 0 Å². The first-order valence-electron chi connectivity index (χ1n) is 7.88. The molecule has 0 amide bonds. The average molecular weight is 275 g/mol. The first-order valence-corrected chi connectivity index (χ1v) is 7.88. The zero-order valence-corrected chi connectivity index (χ0v) is 13.2. The van der Waals surface area contributed by atoms with Crippen molar-refractivity contribution in [1.29, 1.82) is 0 Å². The van der Waals surface area contributed by atoms with Crippen LogP contribution in [0, 0.1) is 0 Å². The highest BCUT2D eigenvalue weighted by Gasteiger charge is 2.19. The summed E-state index contributed by atoms with van der Waals surface area (Å²) in [5.74, 6) is 0.610.